The predicted octanol–water partition coefficient (Wildman–Crippen LogP) is 3.87. The summed E-state index contributed by atoms with van der Waals surface area (Å²) < 4.78 is 10.2. The van der Waals surface area contributed by atoms with E-state index in [9.17, 15) is 4.79 Å². The summed E-state index contributed by atoms with van der Waals surface area (Å²) in [5.74, 6) is -0.173. The molecule has 0 atom stereocenters. The van der Waals surface area contributed by atoms with Gasteiger partial charge in [0.15, 0.2) is 0 Å². The van der Waals surface area contributed by atoms with Gasteiger partial charge in [0.1, 0.15) is 0 Å². The first-order valence-electron chi connectivity index (χ1n) is 7.09. The Morgan fingerprint density at radius 2 is 1.44 bits per heavy atom. The summed E-state index contributed by atoms with van der Waals surface area (Å²) in [5, 5.41) is 0. The average molecular weight is 256 g/mol. The van der Waals surface area contributed by atoms with Crippen LogP contribution in [0.5, 0.6) is 0 Å². The van der Waals surface area contributed by atoms with Gasteiger partial charge in [0, 0.05) is 13.5 Å². The molecule has 0 N–H and O–H groups in total. The topological polar surface area (TPSA) is 35.5 Å². The van der Waals surface area contributed by atoms with E-state index in [1.54, 1.807) is 6.08 Å². The highest BCUT2D eigenvalue weighted by Gasteiger charge is 1.94. The van der Waals surface area contributed by atoms with Crippen LogP contribution in [0.25, 0.3) is 0 Å². The summed E-state index contributed by atoms with van der Waals surface area (Å²) in [5.41, 5.74) is 0. The van der Waals surface area contributed by atoms with Crippen LogP contribution in [0.4, 0.5) is 0 Å². The molecule has 0 heterocycles. The van der Waals surface area contributed by atoms with Crippen LogP contribution >= 0.6 is 0 Å². The van der Waals surface area contributed by atoms with Crippen LogP contribution < -0.4 is 0 Å². The van der Waals surface area contributed by atoms with E-state index in [0.29, 0.717) is 13.2 Å². The van der Waals surface area contributed by atoms with Crippen molar-refractivity contribution in [1.29, 1.82) is 0 Å². The first kappa shape index (κ1) is 17.2. The fourth-order valence-corrected chi connectivity index (χ4v) is 1.75. The van der Waals surface area contributed by atoms with Gasteiger partial charge in [-0.2, -0.15) is 0 Å². The Hall–Kier alpha value is -0.830. The lowest BCUT2D eigenvalue weighted by molar-refractivity contribution is -0.141. The molecule has 0 saturated heterocycles. The van der Waals surface area contributed by atoms with Crippen molar-refractivity contribution in [2.24, 2.45) is 0 Å². The van der Waals surface area contributed by atoms with Crippen LogP contribution in [0.15, 0.2) is 12.7 Å². The highest BCUT2D eigenvalue weighted by Crippen LogP contribution is 2.08. The van der Waals surface area contributed by atoms with Gasteiger partial charge in [-0.15, -0.1) is 6.58 Å². The van der Waals surface area contributed by atoms with Crippen LogP contribution in [0.1, 0.15) is 58.3 Å². The van der Waals surface area contributed by atoms with Crippen molar-refractivity contribution in [3.63, 3.8) is 0 Å². The molecule has 3 nitrogen and oxygen atoms in total. The summed E-state index contributed by atoms with van der Waals surface area (Å²) in [6.45, 7) is 7.17. The third-order valence-corrected chi connectivity index (χ3v) is 2.72. The maximum Gasteiger partial charge on any atom is 0.302 e. The molecule has 0 spiro atoms. The minimum absolute atomic E-state index is 0.173. The second-order valence-electron chi connectivity index (χ2n) is 4.53. The normalized spacial score (nSPS) is 10.3. The molecule has 0 aliphatic carbocycles. The Morgan fingerprint density at radius 1 is 0.944 bits per heavy atom. The van der Waals surface area contributed by atoms with E-state index in [2.05, 4.69) is 6.58 Å². The molecule has 0 radical (unpaired) electrons. The fraction of sp³-hybridized carbons (Fsp3) is 0.800. The summed E-state index contributed by atoms with van der Waals surface area (Å²) in [4.78, 5) is 10.5. The van der Waals surface area contributed by atoms with E-state index < -0.39 is 0 Å². The van der Waals surface area contributed by atoms with Gasteiger partial charge in [-0.05, 0) is 12.8 Å². The predicted molar refractivity (Wildman–Crippen MR) is 74.6 cm³/mol. The second-order valence-corrected chi connectivity index (χ2v) is 4.53. The van der Waals surface area contributed by atoms with Crippen molar-refractivity contribution < 1.29 is 14.3 Å². The molecular weight excluding hydrogens is 228 g/mol. The molecule has 0 aromatic carbocycles. The zero-order valence-electron chi connectivity index (χ0n) is 11.8. The molecule has 106 valence electrons. The van der Waals surface area contributed by atoms with Crippen molar-refractivity contribution in [1.82, 2.24) is 0 Å². The van der Waals surface area contributed by atoms with Crippen molar-refractivity contribution >= 4 is 5.97 Å². The van der Waals surface area contributed by atoms with E-state index in [1.165, 1.54) is 39.0 Å². The molecule has 0 aliphatic heterocycles. The van der Waals surface area contributed by atoms with Crippen LogP contribution in [0, 0.1) is 0 Å². The van der Waals surface area contributed by atoms with Crippen molar-refractivity contribution in [3.05, 3.63) is 12.7 Å². The minimum Gasteiger partial charge on any atom is -0.466 e. The van der Waals surface area contributed by atoms with Crippen LogP contribution in [-0.4, -0.2) is 25.8 Å². The number of carbonyl (C=O) groups is 1. The molecule has 0 aromatic rings. The zero-order valence-corrected chi connectivity index (χ0v) is 11.8. The first-order valence-corrected chi connectivity index (χ1v) is 7.09. The van der Waals surface area contributed by atoms with Gasteiger partial charge in [-0.1, -0.05) is 44.6 Å². The molecule has 0 fully saturated rings. The van der Waals surface area contributed by atoms with Gasteiger partial charge in [0.05, 0.1) is 13.2 Å². The summed E-state index contributed by atoms with van der Waals surface area (Å²) in [7, 11) is 0. The first-order chi connectivity index (χ1) is 8.77. The molecule has 3 heteroatoms. The van der Waals surface area contributed by atoms with Gasteiger partial charge >= 0.3 is 5.97 Å². The monoisotopic (exact) mass is 256 g/mol. The molecule has 0 saturated carbocycles. The molecule has 18 heavy (non-hydrogen) atoms. The smallest absolute Gasteiger partial charge is 0.302 e. The van der Waals surface area contributed by atoms with Crippen molar-refractivity contribution in [3.8, 4) is 0 Å². The third-order valence-electron chi connectivity index (χ3n) is 2.72. The lowest BCUT2D eigenvalue weighted by Crippen LogP contribution is -2.00. The standard InChI is InChI=1S/C15H28O3/c1-3-12-17-13-10-8-6-4-5-7-9-11-14-18-15(2)16/h3H,1,4-14H2,2H3. The average Bonchev–Trinajstić information content (AvgIpc) is 2.34. The van der Waals surface area contributed by atoms with Gasteiger partial charge in [-0.3, -0.25) is 4.79 Å². The Bertz CT molecular complexity index is 202. The van der Waals surface area contributed by atoms with Crippen LogP contribution in [0.3, 0.4) is 0 Å². The number of carbonyl (C=O) groups excluding carboxylic acids is 1. The van der Waals surface area contributed by atoms with Gasteiger partial charge in [0.25, 0.3) is 0 Å². The minimum atomic E-state index is -0.173. The molecule has 0 amide bonds. The Labute approximate surface area is 112 Å². The van der Waals surface area contributed by atoms with Gasteiger partial charge in [0.2, 0.25) is 0 Å². The highest BCUT2D eigenvalue weighted by atomic mass is 16.5. The molecule has 0 aromatic heterocycles. The maximum atomic E-state index is 10.5. The molecule has 0 unspecified atom stereocenters. The Balaban J connectivity index is 2.94. The van der Waals surface area contributed by atoms with E-state index in [0.717, 1.165) is 25.9 Å². The van der Waals surface area contributed by atoms with E-state index in [4.69, 9.17) is 9.47 Å². The van der Waals surface area contributed by atoms with Gasteiger partial charge < -0.3 is 9.47 Å². The maximum absolute atomic E-state index is 10.5. The van der Waals surface area contributed by atoms with Gasteiger partial charge in [-0.25, -0.2) is 0 Å². The number of esters is 1. The summed E-state index contributed by atoms with van der Waals surface area (Å²) in [6, 6.07) is 0. The Morgan fingerprint density at radius 3 is 1.94 bits per heavy atom. The highest BCUT2D eigenvalue weighted by molar-refractivity contribution is 5.65. The number of unbranched alkanes of at least 4 members (excludes halogenated alkanes) is 7. The molecular formula is C15H28O3. The van der Waals surface area contributed by atoms with E-state index >= 15 is 0 Å². The van der Waals surface area contributed by atoms with Crippen molar-refractivity contribution in [2.75, 3.05) is 19.8 Å². The molecule has 0 bridgehead atoms. The second kappa shape index (κ2) is 14.2. The quantitative estimate of drug-likeness (QED) is 0.285. The SMILES string of the molecule is C=CCOCCCCCCCCCCOC(C)=O. The number of rotatable bonds is 13. The third kappa shape index (κ3) is 15.2. The zero-order chi connectivity index (χ0) is 13.5. The van der Waals surface area contributed by atoms with Crippen LogP contribution in [0.2, 0.25) is 0 Å². The molecule has 0 rings (SSSR count). The number of ether oxygens (including phenoxy) is 2. The number of hydrogen-bond donors (Lipinski definition) is 0. The lowest BCUT2D eigenvalue weighted by Gasteiger charge is -2.03. The number of hydrogen-bond acceptors (Lipinski definition) is 3. The molecule has 0 aliphatic rings. The lowest BCUT2D eigenvalue weighted by atomic mass is 10.1. The summed E-state index contributed by atoms with van der Waals surface area (Å²) >= 11 is 0. The Kier molecular flexibility index (Phi) is 13.6. The summed E-state index contributed by atoms with van der Waals surface area (Å²) in [6.07, 6.45) is 11.5. The fourth-order valence-electron chi connectivity index (χ4n) is 1.75. The van der Waals surface area contributed by atoms with E-state index in [-0.39, 0.29) is 5.97 Å². The van der Waals surface area contributed by atoms with E-state index in [1.807, 2.05) is 0 Å². The largest absolute Gasteiger partial charge is 0.466 e. The van der Waals surface area contributed by atoms with Crippen LogP contribution in [-0.2, 0) is 14.3 Å². The van der Waals surface area contributed by atoms with Crippen molar-refractivity contribution in [2.45, 2.75) is 58.3 Å².